The average Bonchev–Trinajstić information content (AvgIpc) is 3.14. The van der Waals surface area contributed by atoms with E-state index in [0.717, 1.165) is 28.2 Å². The zero-order valence-corrected chi connectivity index (χ0v) is 14.7. The van der Waals surface area contributed by atoms with Crippen LogP contribution >= 0.6 is 15.9 Å². The van der Waals surface area contributed by atoms with Crippen molar-refractivity contribution in [3.05, 3.63) is 22.7 Å². The van der Waals surface area contributed by atoms with Crippen LogP contribution in [0.5, 0.6) is 5.75 Å². The average molecular weight is 353 g/mol. The molecule has 0 atom stereocenters. The topological polar surface area (TPSA) is 27.7 Å². The molecule has 5 heteroatoms. The first kappa shape index (κ1) is 15.4. The first-order valence-corrected chi connectivity index (χ1v) is 8.35. The highest BCUT2D eigenvalue weighted by atomic mass is 79.9. The minimum Gasteiger partial charge on any atom is -0.493 e. The molecule has 3 rings (SSSR count). The van der Waals surface area contributed by atoms with Crippen molar-refractivity contribution in [3.63, 3.8) is 0 Å². The Labute approximate surface area is 135 Å². The molecule has 1 aliphatic heterocycles. The van der Waals surface area contributed by atoms with Crippen LogP contribution in [0.3, 0.4) is 0 Å². The van der Waals surface area contributed by atoms with Gasteiger partial charge in [0.2, 0.25) is 0 Å². The van der Waals surface area contributed by atoms with Crippen molar-refractivity contribution < 1.29 is 14.0 Å². The van der Waals surface area contributed by atoms with Gasteiger partial charge in [-0.05, 0) is 70.1 Å². The molecule has 2 aliphatic rings. The molecule has 0 radical (unpaired) electrons. The number of rotatable bonds is 4. The number of hydrogen-bond acceptors (Lipinski definition) is 3. The van der Waals surface area contributed by atoms with Crippen LogP contribution in [-0.4, -0.2) is 24.9 Å². The fourth-order valence-electron chi connectivity index (χ4n) is 2.28. The van der Waals surface area contributed by atoms with Crippen LogP contribution in [0, 0.1) is 5.92 Å². The molecule has 0 aromatic heterocycles. The molecule has 1 aromatic rings. The van der Waals surface area contributed by atoms with Crippen LogP contribution in [0.2, 0.25) is 0 Å². The van der Waals surface area contributed by atoms with Crippen LogP contribution in [-0.2, 0) is 9.31 Å². The number of halogens is 1. The molecule has 0 N–H and O–H groups in total. The van der Waals surface area contributed by atoms with Gasteiger partial charge >= 0.3 is 7.12 Å². The zero-order chi connectivity index (χ0) is 15.3. The molecule has 1 heterocycles. The van der Waals surface area contributed by atoms with Gasteiger partial charge in [0.15, 0.2) is 0 Å². The van der Waals surface area contributed by atoms with E-state index in [1.807, 2.05) is 18.2 Å². The summed E-state index contributed by atoms with van der Waals surface area (Å²) in [4.78, 5) is 0. The van der Waals surface area contributed by atoms with E-state index in [0.29, 0.717) is 0 Å². The summed E-state index contributed by atoms with van der Waals surface area (Å²) in [6.45, 7) is 9.06. The van der Waals surface area contributed by atoms with Crippen LogP contribution in [0.25, 0.3) is 0 Å². The minimum atomic E-state index is -0.351. The van der Waals surface area contributed by atoms with Gasteiger partial charge in [-0.15, -0.1) is 0 Å². The predicted octanol–water partition coefficient (Wildman–Crippen LogP) is 3.54. The fraction of sp³-hybridized carbons (Fsp3) is 0.625. The van der Waals surface area contributed by atoms with E-state index < -0.39 is 0 Å². The van der Waals surface area contributed by atoms with Crippen molar-refractivity contribution in [2.75, 3.05) is 6.61 Å². The summed E-state index contributed by atoms with van der Waals surface area (Å²) in [7, 11) is -0.351. The summed E-state index contributed by atoms with van der Waals surface area (Å²) in [5.74, 6) is 1.62. The molecule has 21 heavy (non-hydrogen) atoms. The third-order valence-electron chi connectivity index (χ3n) is 4.60. The van der Waals surface area contributed by atoms with Crippen LogP contribution < -0.4 is 10.2 Å². The van der Waals surface area contributed by atoms with Gasteiger partial charge in [0.25, 0.3) is 0 Å². The van der Waals surface area contributed by atoms with Gasteiger partial charge in [0.05, 0.1) is 17.8 Å². The van der Waals surface area contributed by atoms with E-state index >= 15 is 0 Å². The molecular weight excluding hydrogens is 331 g/mol. The lowest BCUT2D eigenvalue weighted by Crippen LogP contribution is -2.41. The van der Waals surface area contributed by atoms with Gasteiger partial charge in [-0.2, -0.15) is 0 Å². The van der Waals surface area contributed by atoms with Crippen molar-refractivity contribution in [1.29, 1.82) is 0 Å². The first-order chi connectivity index (χ1) is 9.77. The van der Waals surface area contributed by atoms with E-state index in [9.17, 15) is 0 Å². The monoisotopic (exact) mass is 352 g/mol. The number of ether oxygens (including phenoxy) is 1. The lowest BCUT2D eigenvalue weighted by molar-refractivity contribution is 0.00578. The quantitative estimate of drug-likeness (QED) is 0.776. The molecule has 114 valence electrons. The Morgan fingerprint density at radius 3 is 2.33 bits per heavy atom. The lowest BCUT2D eigenvalue weighted by atomic mass is 9.79. The largest absolute Gasteiger partial charge is 0.495 e. The highest BCUT2D eigenvalue weighted by Crippen LogP contribution is 2.37. The molecule has 1 aromatic carbocycles. The minimum absolute atomic E-state index is 0.324. The summed E-state index contributed by atoms with van der Waals surface area (Å²) in [6.07, 6.45) is 2.58. The molecule has 2 fully saturated rings. The maximum absolute atomic E-state index is 6.10. The molecule has 0 unspecified atom stereocenters. The van der Waals surface area contributed by atoms with E-state index in [4.69, 9.17) is 14.0 Å². The molecular formula is C16H22BBrO3. The second-order valence-corrected chi connectivity index (χ2v) is 7.98. The molecule has 0 bridgehead atoms. The summed E-state index contributed by atoms with van der Waals surface area (Å²) < 4.78 is 19.1. The Kier molecular flexibility index (Phi) is 3.87. The first-order valence-electron chi connectivity index (χ1n) is 7.56. The third-order valence-corrected chi connectivity index (χ3v) is 5.06. The SMILES string of the molecule is CC1(C)OB(c2cc(Br)cc(OCC3CC3)c2)OC1(C)C. The predicted molar refractivity (Wildman–Crippen MR) is 88.1 cm³/mol. The van der Waals surface area contributed by atoms with E-state index in [1.54, 1.807) is 0 Å². The van der Waals surface area contributed by atoms with Gasteiger partial charge in [-0.3, -0.25) is 0 Å². The summed E-state index contributed by atoms with van der Waals surface area (Å²) in [5.41, 5.74) is 0.346. The number of benzene rings is 1. The van der Waals surface area contributed by atoms with Gasteiger partial charge in [0, 0.05) is 4.47 Å². The molecule has 3 nitrogen and oxygen atoms in total. The van der Waals surface area contributed by atoms with Crippen LogP contribution in [0.15, 0.2) is 22.7 Å². The van der Waals surface area contributed by atoms with E-state index in [1.165, 1.54) is 12.8 Å². The van der Waals surface area contributed by atoms with Gasteiger partial charge < -0.3 is 14.0 Å². The van der Waals surface area contributed by atoms with E-state index in [2.05, 4.69) is 43.6 Å². The Balaban J connectivity index is 1.78. The number of hydrogen-bond donors (Lipinski definition) is 0. The molecule has 0 amide bonds. The summed E-state index contributed by atoms with van der Waals surface area (Å²) in [6, 6.07) is 6.05. The molecule has 0 spiro atoms. The van der Waals surface area contributed by atoms with Gasteiger partial charge in [-0.25, -0.2) is 0 Å². The van der Waals surface area contributed by atoms with E-state index in [-0.39, 0.29) is 18.3 Å². The van der Waals surface area contributed by atoms with Crippen molar-refractivity contribution in [2.45, 2.75) is 51.7 Å². The Morgan fingerprint density at radius 1 is 1.14 bits per heavy atom. The Bertz CT molecular complexity index is 524. The second kappa shape index (κ2) is 5.29. The Hall–Kier alpha value is -0.515. The van der Waals surface area contributed by atoms with Gasteiger partial charge in [-0.1, -0.05) is 15.9 Å². The van der Waals surface area contributed by atoms with Crippen molar-refractivity contribution in [3.8, 4) is 5.75 Å². The maximum Gasteiger partial charge on any atom is 0.495 e. The Morgan fingerprint density at radius 2 is 1.76 bits per heavy atom. The fourth-order valence-corrected chi connectivity index (χ4v) is 2.77. The zero-order valence-electron chi connectivity index (χ0n) is 13.1. The highest BCUT2D eigenvalue weighted by Gasteiger charge is 2.51. The van der Waals surface area contributed by atoms with Crippen LogP contribution in [0.1, 0.15) is 40.5 Å². The summed E-state index contributed by atoms with van der Waals surface area (Å²) in [5, 5.41) is 0. The lowest BCUT2D eigenvalue weighted by Gasteiger charge is -2.32. The maximum atomic E-state index is 6.10. The van der Waals surface area contributed by atoms with Crippen molar-refractivity contribution in [2.24, 2.45) is 5.92 Å². The van der Waals surface area contributed by atoms with Crippen LogP contribution in [0.4, 0.5) is 0 Å². The third kappa shape index (κ3) is 3.30. The highest BCUT2D eigenvalue weighted by molar-refractivity contribution is 9.10. The summed E-state index contributed by atoms with van der Waals surface area (Å²) >= 11 is 3.55. The van der Waals surface area contributed by atoms with Gasteiger partial charge in [0.1, 0.15) is 5.75 Å². The van der Waals surface area contributed by atoms with Crippen molar-refractivity contribution >= 4 is 28.5 Å². The normalized spacial score (nSPS) is 23.4. The standard InChI is InChI=1S/C16H22BBrO3/c1-15(2)16(3,4)21-17(20-15)12-7-13(18)9-14(8-12)19-10-11-5-6-11/h7-9,11H,5-6,10H2,1-4H3. The molecule has 1 saturated heterocycles. The smallest absolute Gasteiger partial charge is 0.493 e. The molecule has 1 saturated carbocycles. The van der Waals surface area contributed by atoms with Crippen molar-refractivity contribution in [1.82, 2.24) is 0 Å². The molecule has 1 aliphatic carbocycles. The second-order valence-electron chi connectivity index (χ2n) is 7.06.